The average molecular weight is 250 g/mol. The molecule has 1 aromatic rings. The second kappa shape index (κ2) is 7.37. The van der Waals surface area contributed by atoms with E-state index in [0.717, 1.165) is 24.5 Å². The molecule has 0 atom stereocenters. The normalized spacial score (nSPS) is 11.6. The molecule has 1 heterocycles. The maximum absolute atomic E-state index is 5.25. The molecule has 0 aliphatic heterocycles. The van der Waals surface area contributed by atoms with Crippen molar-refractivity contribution in [1.29, 1.82) is 0 Å². The summed E-state index contributed by atoms with van der Waals surface area (Å²) in [7, 11) is 1.66. The number of nitrogens with one attached hydrogen (secondary N) is 1. The van der Waals surface area contributed by atoms with Gasteiger partial charge in [-0.2, -0.15) is 0 Å². The van der Waals surface area contributed by atoms with Crippen LogP contribution in [0, 0.1) is 17.8 Å². The molecule has 0 aliphatic rings. The molecule has 18 heavy (non-hydrogen) atoms. The fraction of sp³-hybridized carbons (Fsp3) is 0.667. The standard InChI is InChI=1S/C15H26N2O/c1-11(2)14(12(3)4)10-16-9-13-7-6-8-17-15(13)18-5/h6-8,11-12,14,16H,9-10H2,1-5H3. The maximum atomic E-state index is 5.25. The van der Waals surface area contributed by atoms with Crippen molar-refractivity contribution in [2.24, 2.45) is 17.8 Å². The Morgan fingerprint density at radius 3 is 2.44 bits per heavy atom. The van der Waals surface area contributed by atoms with Gasteiger partial charge in [-0.15, -0.1) is 0 Å². The summed E-state index contributed by atoms with van der Waals surface area (Å²) in [5.41, 5.74) is 1.12. The van der Waals surface area contributed by atoms with Crippen molar-refractivity contribution in [1.82, 2.24) is 10.3 Å². The van der Waals surface area contributed by atoms with Gasteiger partial charge in [0.25, 0.3) is 0 Å². The van der Waals surface area contributed by atoms with Crippen LogP contribution in [-0.4, -0.2) is 18.6 Å². The molecular formula is C15H26N2O. The number of hydrogen-bond acceptors (Lipinski definition) is 3. The zero-order chi connectivity index (χ0) is 13.5. The topological polar surface area (TPSA) is 34.1 Å². The second-order valence-electron chi connectivity index (χ2n) is 5.45. The van der Waals surface area contributed by atoms with Crippen molar-refractivity contribution in [3.05, 3.63) is 23.9 Å². The zero-order valence-corrected chi connectivity index (χ0v) is 12.2. The summed E-state index contributed by atoms with van der Waals surface area (Å²) in [6.07, 6.45) is 1.76. The van der Waals surface area contributed by atoms with Crippen molar-refractivity contribution in [2.75, 3.05) is 13.7 Å². The molecule has 0 saturated carbocycles. The van der Waals surface area contributed by atoms with E-state index in [2.05, 4.69) is 44.1 Å². The summed E-state index contributed by atoms with van der Waals surface area (Å²) >= 11 is 0. The van der Waals surface area contributed by atoms with Gasteiger partial charge in [0, 0.05) is 18.3 Å². The van der Waals surface area contributed by atoms with Gasteiger partial charge in [-0.1, -0.05) is 33.8 Å². The van der Waals surface area contributed by atoms with Gasteiger partial charge >= 0.3 is 0 Å². The summed E-state index contributed by atoms with van der Waals surface area (Å²) in [6, 6.07) is 4.00. The van der Waals surface area contributed by atoms with Crippen LogP contribution in [0.25, 0.3) is 0 Å². The van der Waals surface area contributed by atoms with Crippen molar-refractivity contribution < 1.29 is 4.74 Å². The Morgan fingerprint density at radius 1 is 1.22 bits per heavy atom. The Kier molecular flexibility index (Phi) is 6.13. The Labute approximate surface area is 111 Å². The van der Waals surface area contributed by atoms with E-state index in [1.165, 1.54) is 0 Å². The fourth-order valence-corrected chi connectivity index (χ4v) is 2.36. The maximum Gasteiger partial charge on any atom is 0.217 e. The summed E-state index contributed by atoms with van der Waals surface area (Å²) in [4.78, 5) is 4.20. The Bertz CT molecular complexity index is 342. The molecule has 3 heteroatoms. The lowest BCUT2D eigenvalue weighted by Gasteiger charge is -2.25. The molecule has 0 aliphatic carbocycles. The lowest BCUT2D eigenvalue weighted by Crippen LogP contribution is -2.29. The second-order valence-corrected chi connectivity index (χ2v) is 5.45. The van der Waals surface area contributed by atoms with Gasteiger partial charge in [-0.05, 0) is 30.4 Å². The number of pyridine rings is 1. The van der Waals surface area contributed by atoms with E-state index < -0.39 is 0 Å². The van der Waals surface area contributed by atoms with Crippen LogP contribution in [-0.2, 0) is 6.54 Å². The van der Waals surface area contributed by atoms with Crippen LogP contribution in [0.15, 0.2) is 18.3 Å². The minimum absolute atomic E-state index is 0.702. The van der Waals surface area contributed by atoms with Crippen LogP contribution in [0.1, 0.15) is 33.3 Å². The molecule has 0 saturated heterocycles. The first-order valence-electron chi connectivity index (χ1n) is 6.74. The summed E-state index contributed by atoms with van der Waals surface area (Å²) in [6.45, 7) is 11.0. The van der Waals surface area contributed by atoms with Crippen molar-refractivity contribution in [3.8, 4) is 5.88 Å². The van der Waals surface area contributed by atoms with Crippen LogP contribution in [0.4, 0.5) is 0 Å². The molecule has 1 N–H and O–H groups in total. The first-order valence-corrected chi connectivity index (χ1v) is 6.74. The van der Waals surface area contributed by atoms with Crippen LogP contribution in [0.5, 0.6) is 5.88 Å². The monoisotopic (exact) mass is 250 g/mol. The SMILES string of the molecule is COc1ncccc1CNCC(C(C)C)C(C)C. The van der Waals surface area contributed by atoms with Crippen LogP contribution < -0.4 is 10.1 Å². The summed E-state index contributed by atoms with van der Waals surface area (Å²) in [5.74, 6) is 2.82. The van der Waals surface area contributed by atoms with E-state index in [0.29, 0.717) is 17.8 Å². The fourth-order valence-electron chi connectivity index (χ4n) is 2.36. The summed E-state index contributed by atoms with van der Waals surface area (Å²) in [5, 5.41) is 3.52. The third-order valence-electron chi connectivity index (χ3n) is 3.45. The van der Waals surface area contributed by atoms with Crippen LogP contribution >= 0.6 is 0 Å². The quantitative estimate of drug-likeness (QED) is 0.807. The highest BCUT2D eigenvalue weighted by atomic mass is 16.5. The molecule has 0 bridgehead atoms. The van der Waals surface area contributed by atoms with E-state index >= 15 is 0 Å². The summed E-state index contributed by atoms with van der Waals surface area (Å²) < 4.78 is 5.25. The molecule has 0 spiro atoms. The number of aromatic nitrogens is 1. The molecule has 0 fully saturated rings. The first-order chi connectivity index (χ1) is 8.56. The van der Waals surface area contributed by atoms with E-state index in [-0.39, 0.29) is 0 Å². The number of rotatable bonds is 7. The molecule has 0 unspecified atom stereocenters. The Balaban J connectivity index is 2.50. The van der Waals surface area contributed by atoms with Gasteiger partial charge in [0.15, 0.2) is 0 Å². The van der Waals surface area contributed by atoms with Crippen molar-refractivity contribution in [2.45, 2.75) is 34.2 Å². The minimum Gasteiger partial charge on any atom is -0.481 e. The number of hydrogen-bond donors (Lipinski definition) is 1. The highest BCUT2D eigenvalue weighted by molar-refractivity contribution is 5.24. The third-order valence-corrected chi connectivity index (χ3v) is 3.45. The van der Waals surface area contributed by atoms with Crippen LogP contribution in [0.2, 0.25) is 0 Å². The van der Waals surface area contributed by atoms with Gasteiger partial charge in [0.2, 0.25) is 5.88 Å². The molecular weight excluding hydrogens is 224 g/mol. The minimum atomic E-state index is 0.702. The van der Waals surface area contributed by atoms with Crippen molar-refractivity contribution >= 4 is 0 Å². The molecule has 1 aromatic heterocycles. The lowest BCUT2D eigenvalue weighted by molar-refractivity contribution is 0.275. The van der Waals surface area contributed by atoms with Crippen LogP contribution in [0.3, 0.4) is 0 Å². The number of nitrogens with zero attached hydrogens (tertiary/aromatic N) is 1. The predicted octanol–water partition coefficient (Wildman–Crippen LogP) is 3.11. The molecule has 1 rings (SSSR count). The zero-order valence-electron chi connectivity index (χ0n) is 12.2. The smallest absolute Gasteiger partial charge is 0.217 e. The van der Waals surface area contributed by atoms with E-state index in [9.17, 15) is 0 Å². The average Bonchev–Trinajstić information content (AvgIpc) is 2.34. The molecule has 3 nitrogen and oxygen atoms in total. The van der Waals surface area contributed by atoms with Gasteiger partial charge < -0.3 is 10.1 Å². The lowest BCUT2D eigenvalue weighted by atomic mass is 9.85. The van der Waals surface area contributed by atoms with E-state index in [1.807, 2.05) is 6.07 Å². The van der Waals surface area contributed by atoms with E-state index in [4.69, 9.17) is 4.74 Å². The third kappa shape index (κ3) is 4.30. The molecule has 0 aromatic carbocycles. The highest BCUT2D eigenvalue weighted by Gasteiger charge is 2.16. The van der Waals surface area contributed by atoms with Gasteiger partial charge in [0.1, 0.15) is 0 Å². The highest BCUT2D eigenvalue weighted by Crippen LogP contribution is 2.20. The van der Waals surface area contributed by atoms with Gasteiger partial charge in [0.05, 0.1) is 7.11 Å². The molecule has 0 radical (unpaired) electrons. The van der Waals surface area contributed by atoms with Crippen molar-refractivity contribution in [3.63, 3.8) is 0 Å². The first kappa shape index (κ1) is 15.0. The van der Waals surface area contributed by atoms with Gasteiger partial charge in [-0.3, -0.25) is 0 Å². The Morgan fingerprint density at radius 2 is 1.89 bits per heavy atom. The largest absolute Gasteiger partial charge is 0.481 e. The Hall–Kier alpha value is -1.09. The number of methoxy groups -OCH3 is 1. The molecule has 102 valence electrons. The van der Waals surface area contributed by atoms with Gasteiger partial charge in [-0.25, -0.2) is 4.98 Å². The van der Waals surface area contributed by atoms with E-state index in [1.54, 1.807) is 13.3 Å². The predicted molar refractivity (Wildman–Crippen MR) is 75.7 cm³/mol. The molecule has 0 amide bonds. The number of ether oxygens (including phenoxy) is 1.